The summed E-state index contributed by atoms with van der Waals surface area (Å²) in [5.74, 6) is 0. The molecule has 0 aliphatic carbocycles. The van der Waals surface area contributed by atoms with Gasteiger partial charge >= 0.3 is 0 Å². The van der Waals surface area contributed by atoms with E-state index >= 15 is 0 Å². The normalized spacial score (nSPS) is 17.3. The Morgan fingerprint density at radius 3 is 2.33 bits per heavy atom. The van der Waals surface area contributed by atoms with Crippen molar-refractivity contribution in [3.8, 4) is 0 Å². The molecule has 0 aromatic heterocycles. The van der Waals surface area contributed by atoms with Crippen LogP contribution in [0.3, 0.4) is 0 Å². The van der Waals surface area contributed by atoms with Crippen LogP contribution in [0.4, 0.5) is 0 Å². The van der Waals surface area contributed by atoms with Crippen LogP contribution >= 0.6 is 24.2 Å². The number of thiol groups is 1. The molecule has 1 nitrogen and oxygen atoms in total. The second-order valence-corrected chi connectivity index (χ2v) is 7.70. The Balaban J connectivity index is 3.62. The van der Waals surface area contributed by atoms with E-state index in [0.717, 1.165) is 12.0 Å². The Kier molecular flexibility index (Phi) is 5.02. The van der Waals surface area contributed by atoms with Gasteiger partial charge in [0.1, 0.15) is 0 Å². The Labute approximate surface area is 68.3 Å². The molecule has 0 spiro atoms. The third-order valence-corrected chi connectivity index (χ3v) is 7.03. The van der Waals surface area contributed by atoms with Gasteiger partial charge in [-0.3, -0.25) is 0 Å². The molecule has 0 saturated carbocycles. The fourth-order valence-electron chi connectivity index (χ4n) is 0.475. The summed E-state index contributed by atoms with van der Waals surface area (Å²) in [7, 11) is -1.57. The zero-order chi connectivity index (χ0) is 7.33. The number of halogens is 1. The highest BCUT2D eigenvalue weighted by Crippen LogP contribution is 2.08. The zero-order valence-corrected chi connectivity index (χ0v) is 8.51. The van der Waals surface area contributed by atoms with E-state index in [1.807, 2.05) is 6.92 Å². The molecule has 0 rings (SSSR count). The first-order valence-corrected chi connectivity index (χ1v) is 6.98. The summed E-state index contributed by atoms with van der Waals surface area (Å²) in [6, 6.07) is 0. The largest absolute Gasteiger partial charge is 0.415 e. The van der Waals surface area contributed by atoms with Crippen molar-refractivity contribution in [2.45, 2.75) is 13.5 Å². The summed E-state index contributed by atoms with van der Waals surface area (Å²) in [6.45, 7) is 4.84. The second-order valence-electron chi connectivity index (χ2n) is 2.17. The highest BCUT2D eigenvalue weighted by Gasteiger charge is 2.24. The van der Waals surface area contributed by atoms with E-state index in [1.54, 1.807) is 0 Å². The van der Waals surface area contributed by atoms with Gasteiger partial charge in [0.05, 0.1) is 0 Å². The maximum atomic E-state index is 5.68. The lowest BCUT2D eigenvalue weighted by Gasteiger charge is -2.21. The monoisotopic (exact) mass is 184 g/mol. The molecule has 4 heteroatoms. The number of rotatable bonds is 4. The lowest BCUT2D eigenvalue weighted by Crippen LogP contribution is -2.40. The Morgan fingerprint density at radius 1 is 1.67 bits per heavy atom. The highest BCUT2D eigenvalue weighted by molar-refractivity contribution is 7.82. The van der Waals surface area contributed by atoms with E-state index in [4.69, 9.17) is 16.0 Å². The highest BCUT2D eigenvalue weighted by atomic mass is 35.5. The molecular formula is C5H13ClOSSi. The van der Waals surface area contributed by atoms with Gasteiger partial charge in [0.15, 0.2) is 0 Å². The van der Waals surface area contributed by atoms with Crippen LogP contribution in [0.15, 0.2) is 0 Å². The van der Waals surface area contributed by atoms with E-state index in [0.29, 0.717) is 5.50 Å². The fraction of sp³-hybridized carbons (Fsp3) is 1.00. The molecule has 0 bridgehead atoms. The third kappa shape index (κ3) is 3.50. The van der Waals surface area contributed by atoms with Crippen molar-refractivity contribution in [3.63, 3.8) is 0 Å². The quantitative estimate of drug-likeness (QED) is 0.399. The first-order chi connectivity index (χ1) is 4.18. The molecule has 1 unspecified atom stereocenters. The van der Waals surface area contributed by atoms with Gasteiger partial charge in [-0.15, -0.1) is 11.6 Å². The fourth-order valence-corrected chi connectivity index (χ4v) is 2.94. The van der Waals surface area contributed by atoms with E-state index in [1.165, 1.54) is 0 Å². The molecule has 0 aromatic rings. The molecule has 0 N–H and O–H groups in total. The van der Waals surface area contributed by atoms with Gasteiger partial charge < -0.3 is 4.43 Å². The van der Waals surface area contributed by atoms with Crippen LogP contribution in [0.1, 0.15) is 6.92 Å². The summed E-state index contributed by atoms with van der Waals surface area (Å²) in [6.07, 6.45) is 0. The molecule has 56 valence electrons. The van der Waals surface area contributed by atoms with Crippen molar-refractivity contribution >= 4 is 32.5 Å². The van der Waals surface area contributed by atoms with Gasteiger partial charge in [0.2, 0.25) is 8.32 Å². The zero-order valence-electron chi connectivity index (χ0n) is 5.85. The number of hydrogen-bond acceptors (Lipinski definition) is 2. The lowest BCUT2D eigenvalue weighted by molar-refractivity contribution is 0.333. The van der Waals surface area contributed by atoms with E-state index in [2.05, 4.69) is 19.2 Å². The molecule has 0 aliphatic heterocycles. The summed E-state index contributed by atoms with van der Waals surface area (Å²) in [5.41, 5.74) is 0.643. The Bertz CT molecular complexity index is 77.4. The van der Waals surface area contributed by atoms with Gasteiger partial charge in [0.25, 0.3) is 0 Å². The standard InChI is InChI=1S/C5H13ClOSSi/c1-3-7-9(2,4-6)5-8/h8H,3-5H2,1-2H3. The first kappa shape index (κ1) is 9.82. The Hall–Kier alpha value is 0.817. The summed E-state index contributed by atoms with van der Waals surface area (Å²) in [5, 5.41) is 0.810. The van der Waals surface area contributed by atoms with Crippen molar-refractivity contribution in [1.29, 1.82) is 0 Å². The first-order valence-electron chi connectivity index (χ1n) is 2.99. The minimum Gasteiger partial charge on any atom is -0.415 e. The van der Waals surface area contributed by atoms with Gasteiger partial charge in [0, 0.05) is 17.5 Å². The molecule has 0 radical (unpaired) electrons. The SMILES string of the molecule is CCO[Si](C)(CS)CCl. The van der Waals surface area contributed by atoms with Gasteiger partial charge in [-0.25, -0.2) is 0 Å². The molecule has 0 saturated heterocycles. The molecule has 0 amide bonds. The minimum atomic E-state index is -1.57. The number of alkyl halides is 1. The predicted molar refractivity (Wildman–Crippen MR) is 47.8 cm³/mol. The van der Waals surface area contributed by atoms with Crippen LogP contribution in [0.25, 0.3) is 0 Å². The second kappa shape index (κ2) is 4.60. The summed E-state index contributed by atoms with van der Waals surface area (Å²) in [4.78, 5) is 0. The lowest BCUT2D eigenvalue weighted by atomic mass is 10.9. The molecule has 0 heterocycles. The summed E-state index contributed by atoms with van der Waals surface area (Å²) < 4.78 is 5.46. The molecule has 0 aliphatic rings. The smallest absolute Gasteiger partial charge is 0.213 e. The Morgan fingerprint density at radius 2 is 2.22 bits per heavy atom. The molecule has 1 atom stereocenters. The van der Waals surface area contributed by atoms with E-state index in [-0.39, 0.29) is 0 Å². The average Bonchev–Trinajstić information content (AvgIpc) is 1.89. The van der Waals surface area contributed by atoms with Crippen molar-refractivity contribution in [2.24, 2.45) is 0 Å². The predicted octanol–water partition coefficient (Wildman–Crippen LogP) is 1.85. The molecule has 0 fully saturated rings. The van der Waals surface area contributed by atoms with Gasteiger partial charge in [-0.2, -0.15) is 12.6 Å². The third-order valence-electron chi connectivity index (χ3n) is 1.11. The van der Waals surface area contributed by atoms with Crippen molar-refractivity contribution in [2.75, 3.05) is 17.5 Å². The van der Waals surface area contributed by atoms with Crippen LogP contribution < -0.4 is 0 Å². The van der Waals surface area contributed by atoms with E-state index in [9.17, 15) is 0 Å². The van der Waals surface area contributed by atoms with Crippen LogP contribution in [0.2, 0.25) is 6.55 Å². The molecule has 0 aromatic carbocycles. The minimum absolute atomic E-state index is 0.643. The summed E-state index contributed by atoms with van der Waals surface area (Å²) >= 11 is 9.84. The van der Waals surface area contributed by atoms with Crippen molar-refractivity contribution < 1.29 is 4.43 Å². The molecule has 9 heavy (non-hydrogen) atoms. The topological polar surface area (TPSA) is 9.23 Å². The average molecular weight is 185 g/mol. The number of hydrogen-bond donors (Lipinski definition) is 1. The maximum absolute atomic E-state index is 5.68. The van der Waals surface area contributed by atoms with Crippen LogP contribution in [-0.2, 0) is 4.43 Å². The van der Waals surface area contributed by atoms with Crippen LogP contribution in [0, 0.1) is 0 Å². The van der Waals surface area contributed by atoms with Crippen LogP contribution in [-0.4, -0.2) is 25.8 Å². The molecular weight excluding hydrogens is 172 g/mol. The van der Waals surface area contributed by atoms with Gasteiger partial charge in [-0.05, 0) is 13.5 Å². The van der Waals surface area contributed by atoms with Crippen molar-refractivity contribution in [3.05, 3.63) is 0 Å². The van der Waals surface area contributed by atoms with Crippen molar-refractivity contribution in [1.82, 2.24) is 0 Å². The van der Waals surface area contributed by atoms with E-state index < -0.39 is 8.32 Å². The maximum Gasteiger partial charge on any atom is 0.213 e. The van der Waals surface area contributed by atoms with Gasteiger partial charge in [-0.1, -0.05) is 0 Å². The van der Waals surface area contributed by atoms with Crippen LogP contribution in [0.5, 0.6) is 0 Å².